The lowest BCUT2D eigenvalue weighted by Crippen LogP contribution is -2.46. The Labute approximate surface area is 119 Å². The molecule has 0 aliphatic rings. The Hall–Kier alpha value is 0.230. The Bertz CT molecular complexity index is 190. The summed E-state index contributed by atoms with van der Waals surface area (Å²) >= 11 is 4.56. The number of rotatable bonds is 11. The molecule has 0 aromatic carbocycles. The lowest BCUT2D eigenvalue weighted by Gasteiger charge is -2.39. The number of ether oxygens (including phenoxy) is 2. The van der Waals surface area contributed by atoms with E-state index in [9.17, 15) is 0 Å². The maximum absolute atomic E-state index is 5.28. The van der Waals surface area contributed by atoms with Crippen molar-refractivity contribution in [2.75, 3.05) is 46.3 Å². The van der Waals surface area contributed by atoms with Crippen molar-refractivity contribution in [1.29, 1.82) is 0 Å². The quantitative estimate of drug-likeness (QED) is 0.587. The second-order valence-electron chi connectivity index (χ2n) is 5.13. The minimum absolute atomic E-state index is 0.304. The maximum atomic E-state index is 5.28. The Morgan fingerprint density at radius 2 is 1.78 bits per heavy atom. The zero-order valence-electron chi connectivity index (χ0n) is 12.7. The van der Waals surface area contributed by atoms with Gasteiger partial charge in [0.1, 0.15) is 0 Å². The number of hydrogen-bond donors (Lipinski definition) is 1. The van der Waals surface area contributed by atoms with Gasteiger partial charge in [-0.3, -0.25) is 4.90 Å². The normalized spacial score (nSPS) is 14.2. The first kappa shape index (κ1) is 18.2. The molecule has 18 heavy (non-hydrogen) atoms. The lowest BCUT2D eigenvalue weighted by atomic mass is 9.83. The summed E-state index contributed by atoms with van der Waals surface area (Å²) in [5.41, 5.74) is 0.304. The van der Waals surface area contributed by atoms with Gasteiger partial charge in [0.2, 0.25) is 0 Å². The molecule has 1 atom stereocenters. The van der Waals surface area contributed by atoms with E-state index in [0.717, 1.165) is 44.9 Å². The van der Waals surface area contributed by atoms with Gasteiger partial charge in [-0.2, -0.15) is 12.6 Å². The molecule has 1 unspecified atom stereocenters. The number of methoxy groups -OCH3 is 2. The first-order valence-corrected chi connectivity index (χ1v) is 7.55. The molecule has 0 heterocycles. The molecule has 0 aliphatic carbocycles. The minimum Gasteiger partial charge on any atom is -0.383 e. The fourth-order valence-electron chi connectivity index (χ4n) is 2.19. The van der Waals surface area contributed by atoms with Crippen molar-refractivity contribution >= 4 is 12.6 Å². The molecule has 4 heteroatoms. The Kier molecular flexibility index (Phi) is 10.2. The molecule has 0 bridgehead atoms. The van der Waals surface area contributed by atoms with Crippen LogP contribution in [0.5, 0.6) is 0 Å². The van der Waals surface area contributed by atoms with E-state index in [1.165, 1.54) is 0 Å². The third-order valence-corrected chi connectivity index (χ3v) is 4.66. The maximum Gasteiger partial charge on any atom is 0.0615 e. The van der Waals surface area contributed by atoms with Gasteiger partial charge in [0.25, 0.3) is 0 Å². The zero-order valence-corrected chi connectivity index (χ0v) is 13.6. The van der Waals surface area contributed by atoms with E-state index < -0.39 is 0 Å². The highest BCUT2D eigenvalue weighted by atomic mass is 32.1. The van der Waals surface area contributed by atoms with E-state index in [-0.39, 0.29) is 0 Å². The van der Waals surface area contributed by atoms with Crippen molar-refractivity contribution in [1.82, 2.24) is 4.90 Å². The number of hydrogen-bond acceptors (Lipinski definition) is 4. The smallest absolute Gasteiger partial charge is 0.0615 e. The van der Waals surface area contributed by atoms with Crippen LogP contribution in [0.15, 0.2) is 0 Å². The molecular formula is C14H31NO2S. The largest absolute Gasteiger partial charge is 0.383 e. The van der Waals surface area contributed by atoms with Gasteiger partial charge in [0, 0.05) is 33.4 Å². The minimum atomic E-state index is 0.304. The molecule has 3 nitrogen and oxygen atoms in total. The molecule has 0 saturated carbocycles. The third kappa shape index (κ3) is 5.91. The average Bonchev–Trinajstić information content (AvgIpc) is 2.40. The standard InChI is InChI=1S/C14H31NO2S/c1-6-14(7-2,12-18)11-15(8-9-16-4)13(3)10-17-5/h13,18H,6-12H2,1-5H3. The van der Waals surface area contributed by atoms with E-state index in [2.05, 4.69) is 38.3 Å². The molecule has 110 valence electrons. The van der Waals surface area contributed by atoms with Gasteiger partial charge in [0.15, 0.2) is 0 Å². The predicted octanol–water partition coefficient (Wildman–Crippen LogP) is 2.71. The second-order valence-corrected chi connectivity index (χ2v) is 5.45. The van der Waals surface area contributed by atoms with Crippen LogP contribution in [0.2, 0.25) is 0 Å². The Morgan fingerprint density at radius 1 is 1.17 bits per heavy atom. The molecule has 0 aromatic heterocycles. The van der Waals surface area contributed by atoms with Crippen molar-refractivity contribution in [2.45, 2.75) is 39.7 Å². The molecule has 0 amide bonds. The van der Waals surface area contributed by atoms with E-state index in [4.69, 9.17) is 9.47 Å². The van der Waals surface area contributed by atoms with Crippen molar-refractivity contribution in [3.8, 4) is 0 Å². The van der Waals surface area contributed by atoms with E-state index in [1.54, 1.807) is 14.2 Å². The molecule has 0 rings (SSSR count). The van der Waals surface area contributed by atoms with E-state index >= 15 is 0 Å². The molecule has 0 fully saturated rings. The van der Waals surface area contributed by atoms with E-state index in [0.29, 0.717) is 11.5 Å². The molecule has 0 radical (unpaired) electrons. The van der Waals surface area contributed by atoms with Gasteiger partial charge in [-0.25, -0.2) is 0 Å². The molecule has 0 aromatic rings. The topological polar surface area (TPSA) is 21.7 Å². The lowest BCUT2D eigenvalue weighted by molar-refractivity contribution is 0.0462. The summed E-state index contributed by atoms with van der Waals surface area (Å²) in [5, 5.41) is 0. The van der Waals surface area contributed by atoms with Crippen molar-refractivity contribution in [2.24, 2.45) is 5.41 Å². The Morgan fingerprint density at radius 3 is 2.17 bits per heavy atom. The molecule has 0 aliphatic heterocycles. The summed E-state index contributed by atoms with van der Waals surface area (Å²) in [5.74, 6) is 0.934. The third-order valence-electron chi connectivity index (χ3n) is 3.99. The van der Waals surface area contributed by atoms with Crippen LogP contribution < -0.4 is 0 Å². The van der Waals surface area contributed by atoms with Crippen LogP contribution in [0.4, 0.5) is 0 Å². The Balaban J connectivity index is 4.62. The summed E-state index contributed by atoms with van der Waals surface area (Å²) in [6.07, 6.45) is 2.33. The first-order valence-electron chi connectivity index (χ1n) is 6.91. The van der Waals surface area contributed by atoms with Crippen molar-refractivity contribution < 1.29 is 9.47 Å². The number of thiol groups is 1. The highest BCUT2D eigenvalue weighted by Gasteiger charge is 2.29. The second kappa shape index (κ2) is 10.1. The summed E-state index contributed by atoms with van der Waals surface area (Å²) < 4.78 is 10.5. The average molecular weight is 277 g/mol. The molecular weight excluding hydrogens is 246 g/mol. The van der Waals surface area contributed by atoms with Crippen LogP contribution in [-0.2, 0) is 9.47 Å². The van der Waals surface area contributed by atoms with Crippen LogP contribution in [0.1, 0.15) is 33.6 Å². The van der Waals surface area contributed by atoms with Crippen LogP contribution in [0.3, 0.4) is 0 Å². The molecule has 0 N–H and O–H groups in total. The zero-order chi connectivity index (χ0) is 14.0. The highest BCUT2D eigenvalue weighted by Crippen LogP contribution is 2.29. The van der Waals surface area contributed by atoms with Crippen LogP contribution in [0.25, 0.3) is 0 Å². The van der Waals surface area contributed by atoms with Crippen LogP contribution >= 0.6 is 12.6 Å². The first-order chi connectivity index (χ1) is 8.59. The van der Waals surface area contributed by atoms with Crippen LogP contribution in [-0.4, -0.2) is 57.2 Å². The molecule has 0 spiro atoms. The van der Waals surface area contributed by atoms with Crippen molar-refractivity contribution in [3.63, 3.8) is 0 Å². The van der Waals surface area contributed by atoms with Crippen LogP contribution in [0, 0.1) is 5.41 Å². The van der Waals surface area contributed by atoms with Gasteiger partial charge in [-0.15, -0.1) is 0 Å². The SMILES string of the molecule is CCC(CC)(CS)CN(CCOC)C(C)COC. The predicted molar refractivity (Wildman–Crippen MR) is 81.7 cm³/mol. The fraction of sp³-hybridized carbons (Fsp3) is 1.00. The van der Waals surface area contributed by atoms with Gasteiger partial charge < -0.3 is 9.47 Å². The highest BCUT2D eigenvalue weighted by molar-refractivity contribution is 7.80. The summed E-state index contributed by atoms with van der Waals surface area (Å²) in [4.78, 5) is 2.47. The van der Waals surface area contributed by atoms with Crippen molar-refractivity contribution in [3.05, 3.63) is 0 Å². The van der Waals surface area contributed by atoms with E-state index in [1.807, 2.05) is 0 Å². The van der Waals surface area contributed by atoms with Gasteiger partial charge in [0.05, 0.1) is 13.2 Å². The molecule has 0 saturated heterocycles. The van der Waals surface area contributed by atoms with Gasteiger partial charge >= 0.3 is 0 Å². The summed E-state index contributed by atoms with van der Waals surface area (Å²) in [7, 11) is 3.52. The van der Waals surface area contributed by atoms with Gasteiger partial charge in [-0.05, 0) is 30.9 Å². The fourth-order valence-corrected chi connectivity index (χ4v) is 2.74. The monoisotopic (exact) mass is 277 g/mol. The van der Waals surface area contributed by atoms with Gasteiger partial charge in [-0.1, -0.05) is 13.8 Å². The number of nitrogens with zero attached hydrogens (tertiary/aromatic N) is 1. The summed E-state index contributed by atoms with van der Waals surface area (Å²) in [6, 6.07) is 0.419. The summed E-state index contributed by atoms with van der Waals surface area (Å²) in [6.45, 7) is 10.3.